The zero-order valence-corrected chi connectivity index (χ0v) is 19.1. The van der Waals surface area contributed by atoms with Gasteiger partial charge < -0.3 is 24.9 Å². The summed E-state index contributed by atoms with van der Waals surface area (Å²) in [6.45, 7) is 1.69. The molecule has 8 nitrogen and oxygen atoms in total. The Morgan fingerprint density at radius 3 is 2.56 bits per heavy atom. The summed E-state index contributed by atoms with van der Waals surface area (Å²) >= 11 is 5.06. The van der Waals surface area contributed by atoms with E-state index in [1.165, 1.54) is 4.88 Å². The molecule has 13 heteroatoms. The maximum atomic E-state index is 12.7. The predicted molar refractivity (Wildman–Crippen MR) is 116 cm³/mol. The minimum Gasteiger partial charge on any atom is -0.493 e. The smallest absolute Gasteiger partial charge is 0.490 e. The second-order valence-electron chi connectivity index (χ2n) is 6.52. The zero-order chi connectivity index (χ0) is 23.6. The third-order valence-corrected chi connectivity index (χ3v) is 6.25. The van der Waals surface area contributed by atoms with Crippen LogP contribution in [0.1, 0.15) is 10.4 Å². The quantitative estimate of drug-likeness (QED) is 0.468. The minimum absolute atomic E-state index is 0.0923. The number of ether oxygens (including phenoxy) is 2. The van der Waals surface area contributed by atoms with Crippen molar-refractivity contribution in [3.05, 3.63) is 37.4 Å². The molecule has 0 radical (unpaired) electrons. The molecule has 32 heavy (non-hydrogen) atoms. The van der Waals surface area contributed by atoms with Gasteiger partial charge in [-0.05, 0) is 46.6 Å². The van der Waals surface area contributed by atoms with Gasteiger partial charge in [0, 0.05) is 17.0 Å². The van der Waals surface area contributed by atoms with Gasteiger partial charge in [-0.2, -0.15) is 13.2 Å². The summed E-state index contributed by atoms with van der Waals surface area (Å²) in [5, 5.41) is 11.2. The van der Waals surface area contributed by atoms with Crippen LogP contribution in [0.15, 0.2) is 21.4 Å². The van der Waals surface area contributed by atoms with Gasteiger partial charge in [-0.1, -0.05) is 0 Å². The fraction of sp³-hybridized carbons (Fsp3) is 0.316. The number of fused-ring (bicyclic) bond motifs is 3. The lowest BCUT2D eigenvalue weighted by atomic mass is 10.1. The molecule has 3 aromatic rings. The molecule has 0 amide bonds. The van der Waals surface area contributed by atoms with E-state index in [1.807, 2.05) is 12.1 Å². The first-order valence-electron chi connectivity index (χ1n) is 9.04. The highest BCUT2D eigenvalue weighted by Gasteiger charge is 2.38. The van der Waals surface area contributed by atoms with Crippen molar-refractivity contribution in [1.82, 2.24) is 15.3 Å². The molecule has 0 spiro atoms. The molecule has 0 saturated carbocycles. The number of methoxy groups -OCH3 is 2. The Bertz CT molecular complexity index is 1230. The van der Waals surface area contributed by atoms with E-state index in [0.29, 0.717) is 17.3 Å². The second kappa shape index (κ2) is 9.46. The highest BCUT2D eigenvalue weighted by atomic mass is 79.9. The highest BCUT2D eigenvalue weighted by Crippen LogP contribution is 2.39. The van der Waals surface area contributed by atoms with Gasteiger partial charge in [0.2, 0.25) is 0 Å². The number of nitrogens with one attached hydrogen (secondary N) is 2. The maximum Gasteiger partial charge on any atom is 0.490 e. The molecule has 3 N–H and O–H groups in total. The lowest BCUT2D eigenvalue weighted by Gasteiger charge is -2.12. The third kappa shape index (κ3) is 4.89. The van der Waals surface area contributed by atoms with E-state index >= 15 is 0 Å². The van der Waals surface area contributed by atoms with Gasteiger partial charge in [0.05, 0.1) is 24.1 Å². The van der Waals surface area contributed by atoms with Crippen LogP contribution >= 0.6 is 27.3 Å². The van der Waals surface area contributed by atoms with Crippen molar-refractivity contribution in [2.24, 2.45) is 0 Å². The number of aliphatic carboxylic acids is 1. The molecule has 1 aliphatic rings. The monoisotopic (exact) mass is 535 g/mol. The Balaban J connectivity index is 0.000000360. The highest BCUT2D eigenvalue weighted by molar-refractivity contribution is 9.10. The Morgan fingerprint density at radius 1 is 1.28 bits per heavy atom. The summed E-state index contributed by atoms with van der Waals surface area (Å²) in [6, 6.07) is 3.67. The Kier molecular flexibility index (Phi) is 7.10. The van der Waals surface area contributed by atoms with Crippen molar-refractivity contribution < 1.29 is 32.5 Å². The average Bonchev–Trinajstić information content (AvgIpc) is 3.11. The number of rotatable bonds is 3. The zero-order valence-electron chi connectivity index (χ0n) is 16.7. The fourth-order valence-corrected chi connectivity index (χ4v) is 4.92. The van der Waals surface area contributed by atoms with Gasteiger partial charge in [0.1, 0.15) is 10.7 Å². The van der Waals surface area contributed by atoms with E-state index in [2.05, 4.69) is 26.2 Å². The summed E-state index contributed by atoms with van der Waals surface area (Å²) in [4.78, 5) is 31.2. The molecule has 0 bridgehead atoms. The molecule has 1 aromatic carbocycles. The topological polar surface area (TPSA) is 114 Å². The van der Waals surface area contributed by atoms with Crippen LogP contribution in [0.25, 0.3) is 21.6 Å². The van der Waals surface area contributed by atoms with E-state index in [4.69, 9.17) is 24.4 Å². The van der Waals surface area contributed by atoms with Crippen molar-refractivity contribution >= 4 is 43.5 Å². The molecule has 2 aromatic heterocycles. The molecule has 3 heterocycles. The summed E-state index contributed by atoms with van der Waals surface area (Å²) in [5.74, 6) is -1.06. The second-order valence-corrected chi connectivity index (χ2v) is 8.46. The first kappa shape index (κ1) is 24.0. The number of thiophene rings is 1. The van der Waals surface area contributed by atoms with Gasteiger partial charge in [-0.25, -0.2) is 9.78 Å². The standard InChI is InChI=1S/C17H16BrN3O3S.C2HF3O2/c1-23-11-6-8(5-10(18)14(11)24-2)15-20-16(22)13-9-3-4-19-7-12(9)25-17(13)21-15;3-2(4,5)1(6)7/h5-6,19H,3-4,7H2,1-2H3,(H,20,21,22);(H,6,7). The van der Waals surface area contributed by atoms with Crippen molar-refractivity contribution in [3.63, 3.8) is 0 Å². The molecule has 0 aliphatic carbocycles. The lowest BCUT2D eigenvalue weighted by Crippen LogP contribution is -2.23. The van der Waals surface area contributed by atoms with Crippen LogP contribution in [0, 0.1) is 0 Å². The molecular formula is C19H17BrF3N3O5S. The molecule has 0 fully saturated rings. The van der Waals surface area contributed by atoms with E-state index < -0.39 is 12.1 Å². The van der Waals surface area contributed by atoms with E-state index in [0.717, 1.165) is 45.3 Å². The SMILES string of the molecule is COc1cc(-c2nc3sc4c(c3c(=O)[nH]2)CCNC4)cc(Br)c1OC.O=C(O)C(F)(F)F. The Labute approximate surface area is 191 Å². The number of H-pyrrole nitrogens is 1. The third-order valence-electron chi connectivity index (χ3n) is 4.53. The Hall–Kier alpha value is -2.64. The molecule has 0 atom stereocenters. The molecule has 0 unspecified atom stereocenters. The number of aromatic nitrogens is 2. The van der Waals surface area contributed by atoms with Crippen molar-refractivity contribution in [3.8, 4) is 22.9 Å². The largest absolute Gasteiger partial charge is 0.493 e. The van der Waals surface area contributed by atoms with Gasteiger partial charge >= 0.3 is 12.1 Å². The summed E-state index contributed by atoms with van der Waals surface area (Å²) < 4.78 is 43.2. The number of halogens is 4. The number of alkyl halides is 3. The summed E-state index contributed by atoms with van der Waals surface area (Å²) in [7, 11) is 3.16. The minimum atomic E-state index is -5.08. The predicted octanol–water partition coefficient (Wildman–Crippen LogP) is 3.71. The van der Waals surface area contributed by atoms with Gasteiger partial charge in [0.25, 0.3) is 5.56 Å². The van der Waals surface area contributed by atoms with Crippen LogP contribution in [-0.4, -0.2) is 48.0 Å². The van der Waals surface area contributed by atoms with Crippen LogP contribution in [0.4, 0.5) is 13.2 Å². The van der Waals surface area contributed by atoms with Crippen LogP contribution in [0.3, 0.4) is 0 Å². The molecule has 4 rings (SSSR count). The van der Waals surface area contributed by atoms with Crippen molar-refractivity contribution in [1.29, 1.82) is 0 Å². The van der Waals surface area contributed by atoms with Crippen molar-refractivity contribution in [2.75, 3.05) is 20.8 Å². The lowest BCUT2D eigenvalue weighted by molar-refractivity contribution is -0.192. The number of carboxylic acids is 1. The fourth-order valence-electron chi connectivity index (χ4n) is 3.12. The van der Waals surface area contributed by atoms with Crippen LogP contribution < -0.4 is 20.3 Å². The number of nitrogens with zero attached hydrogens (tertiary/aromatic N) is 1. The number of carbonyl (C=O) groups is 1. The normalized spacial score (nSPS) is 13.2. The number of aromatic amines is 1. The number of hydrogen-bond acceptors (Lipinski definition) is 7. The van der Waals surface area contributed by atoms with E-state index in [1.54, 1.807) is 25.6 Å². The summed E-state index contributed by atoms with van der Waals surface area (Å²) in [5.41, 5.74) is 1.80. The molecule has 172 valence electrons. The number of hydrogen-bond donors (Lipinski definition) is 3. The Morgan fingerprint density at radius 2 is 1.97 bits per heavy atom. The summed E-state index contributed by atoms with van der Waals surface area (Å²) in [6.07, 6.45) is -4.22. The molecule has 1 aliphatic heterocycles. The van der Waals surface area contributed by atoms with Gasteiger partial charge in [0.15, 0.2) is 11.5 Å². The van der Waals surface area contributed by atoms with Crippen molar-refractivity contribution in [2.45, 2.75) is 19.1 Å². The number of carboxylic acid groups (broad SMARTS) is 1. The van der Waals surface area contributed by atoms with E-state index in [9.17, 15) is 18.0 Å². The number of benzene rings is 1. The van der Waals surface area contributed by atoms with E-state index in [-0.39, 0.29) is 5.56 Å². The average molecular weight is 536 g/mol. The first-order chi connectivity index (χ1) is 15.1. The first-order valence-corrected chi connectivity index (χ1v) is 10.6. The maximum absolute atomic E-state index is 12.7. The van der Waals surface area contributed by atoms with Crippen LogP contribution in [-0.2, 0) is 17.8 Å². The van der Waals surface area contributed by atoms with Gasteiger partial charge in [-0.3, -0.25) is 4.79 Å². The molecule has 0 saturated heterocycles. The van der Waals surface area contributed by atoms with Crippen LogP contribution in [0.5, 0.6) is 11.5 Å². The van der Waals surface area contributed by atoms with Crippen LogP contribution in [0.2, 0.25) is 0 Å². The van der Waals surface area contributed by atoms with Gasteiger partial charge in [-0.15, -0.1) is 11.3 Å². The molecular weight excluding hydrogens is 519 g/mol.